The maximum Gasteiger partial charge on any atom is 0.408 e. The van der Waals surface area contributed by atoms with E-state index in [1.54, 1.807) is 25.7 Å². The first-order chi connectivity index (χ1) is 23.1. The third-order valence-electron chi connectivity index (χ3n) is 9.07. The monoisotopic (exact) mass is 649 g/mol. The number of nitrogens with zero attached hydrogens (tertiary/aromatic N) is 2. The number of aromatic amines is 1. The molecule has 0 radical (unpaired) electrons. The molecule has 10 nitrogen and oxygen atoms in total. The number of ether oxygens (including phenoxy) is 1. The zero-order chi connectivity index (χ0) is 33.8. The lowest BCUT2D eigenvalue weighted by Crippen LogP contribution is -2.70. The average Bonchev–Trinajstić information content (AvgIpc) is 3.47. The van der Waals surface area contributed by atoms with E-state index in [4.69, 9.17) is 4.74 Å². The summed E-state index contributed by atoms with van der Waals surface area (Å²) in [6.07, 6.45) is 3.02. The quantitative estimate of drug-likeness (QED) is 0.219. The van der Waals surface area contributed by atoms with Crippen LogP contribution in [0.25, 0.3) is 10.9 Å². The lowest BCUT2D eigenvalue weighted by Gasteiger charge is -2.50. The molecule has 0 aliphatic carbocycles. The summed E-state index contributed by atoms with van der Waals surface area (Å²) in [7, 11) is 0. The van der Waals surface area contributed by atoms with Gasteiger partial charge < -0.3 is 25.3 Å². The van der Waals surface area contributed by atoms with Crippen LogP contribution in [0.1, 0.15) is 50.3 Å². The zero-order valence-corrected chi connectivity index (χ0v) is 27.6. The highest BCUT2D eigenvalue weighted by Gasteiger charge is 2.51. The van der Waals surface area contributed by atoms with Gasteiger partial charge in [0, 0.05) is 30.1 Å². The molecule has 48 heavy (non-hydrogen) atoms. The highest BCUT2D eigenvalue weighted by atomic mass is 16.6. The van der Waals surface area contributed by atoms with Gasteiger partial charge in [0.25, 0.3) is 0 Å². The van der Waals surface area contributed by atoms with E-state index < -0.39 is 41.6 Å². The molecule has 2 fully saturated rings. The molecule has 2 aliphatic rings. The number of rotatable bonds is 9. The van der Waals surface area contributed by atoms with Crippen molar-refractivity contribution in [2.75, 3.05) is 6.54 Å². The van der Waals surface area contributed by atoms with E-state index >= 15 is 0 Å². The van der Waals surface area contributed by atoms with Crippen molar-refractivity contribution in [3.8, 4) is 0 Å². The fourth-order valence-corrected chi connectivity index (χ4v) is 6.94. The van der Waals surface area contributed by atoms with Crippen molar-refractivity contribution >= 4 is 34.8 Å². The molecule has 2 saturated heterocycles. The van der Waals surface area contributed by atoms with Crippen molar-refractivity contribution in [2.24, 2.45) is 5.92 Å². The number of carbonyl (C=O) groups excluding carboxylic acids is 4. The van der Waals surface area contributed by atoms with Crippen LogP contribution in [0.5, 0.6) is 0 Å². The molecule has 0 spiro atoms. The summed E-state index contributed by atoms with van der Waals surface area (Å²) in [5, 5.41) is 6.94. The first kappa shape index (κ1) is 32.8. The molecule has 5 amide bonds. The Morgan fingerprint density at radius 2 is 1.60 bits per heavy atom. The number of nitrogens with one attached hydrogen (secondary N) is 3. The summed E-state index contributed by atoms with van der Waals surface area (Å²) in [5.41, 5.74) is 2.88. The Morgan fingerprint density at radius 3 is 2.31 bits per heavy atom. The maximum atomic E-state index is 14.3. The Bertz CT molecular complexity index is 1770. The zero-order valence-electron chi connectivity index (χ0n) is 27.6. The van der Waals surface area contributed by atoms with Crippen LogP contribution < -0.4 is 10.6 Å². The van der Waals surface area contributed by atoms with Gasteiger partial charge in [-0.15, -0.1) is 0 Å². The van der Waals surface area contributed by atoms with E-state index in [1.165, 1.54) is 4.90 Å². The Morgan fingerprint density at radius 1 is 0.938 bits per heavy atom. The topological polar surface area (TPSA) is 124 Å². The summed E-state index contributed by atoms with van der Waals surface area (Å²) < 4.78 is 5.53. The van der Waals surface area contributed by atoms with Crippen LogP contribution in [0.3, 0.4) is 0 Å². The largest absolute Gasteiger partial charge is 0.444 e. The van der Waals surface area contributed by atoms with E-state index in [0.717, 1.165) is 27.6 Å². The van der Waals surface area contributed by atoms with Crippen molar-refractivity contribution in [1.82, 2.24) is 25.4 Å². The molecule has 3 heterocycles. The molecule has 0 saturated carbocycles. The lowest BCUT2D eigenvalue weighted by molar-refractivity contribution is -0.142. The number of para-hydroxylation sites is 1. The third kappa shape index (κ3) is 7.38. The van der Waals surface area contributed by atoms with Gasteiger partial charge in [0.15, 0.2) is 0 Å². The number of benzene rings is 3. The van der Waals surface area contributed by atoms with E-state index in [2.05, 4.69) is 15.6 Å². The number of fused-ring (bicyclic) bond motifs is 2. The number of piperidine rings is 1. The van der Waals surface area contributed by atoms with Gasteiger partial charge in [-0.2, -0.15) is 0 Å². The number of carbonyl (C=O) groups is 4. The molecular formula is C38H43N5O5. The number of H-pyrrole nitrogens is 1. The predicted octanol–water partition coefficient (Wildman–Crippen LogP) is 5.57. The van der Waals surface area contributed by atoms with Crippen LogP contribution in [-0.4, -0.2) is 69.0 Å². The lowest BCUT2D eigenvalue weighted by atomic mass is 9.80. The van der Waals surface area contributed by atoms with Crippen molar-refractivity contribution in [3.05, 3.63) is 108 Å². The summed E-state index contributed by atoms with van der Waals surface area (Å²) in [6.45, 7) is 5.96. The smallest absolute Gasteiger partial charge is 0.408 e. The highest BCUT2D eigenvalue weighted by molar-refractivity contribution is 5.99. The molecule has 3 aromatic carbocycles. The number of imide groups is 1. The van der Waals surface area contributed by atoms with Gasteiger partial charge >= 0.3 is 12.1 Å². The van der Waals surface area contributed by atoms with Gasteiger partial charge in [-0.1, -0.05) is 78.9 Å². The Kier molecular flexibility index (Phi) is 9.52. The summed E-state index contributed by atoms with van der Waals surface area (Å²) >= 11 is 0. The molecule has 4 aromatic rings. The number of hydrogen-bond donors (Lipinski definition) is 3. The van der Waals surface area contributed by atoms with Crippen molar-refractivity contribution in [2.45, 2.75) is 76.7 Å². The first-order valence-corrected chi connectivity index (χ1v) is 16.6. The number of aromatic nitrogens is 1. The van der Waals surface area contributed by atoms with Gasteiger partial charge in [-0.05, 0) is 62.8 Å². The maximum absolute atomic E-state index is 14.3. The molecule has 1 aromatic heterocycles. The van der Waals surface area contributed by atoms with Crippen LogP contribution in [0.15, 0.2) is 91.1 Å². The molecule has 0 bridgehead atoms. The van der Waals surface area contributed by atoms with Gasteiger partial charge in [0.2, 0.25) is 11.8 Å². The summed E-state index contributed by atoms with van der Waals surface area (Å²) in [4.78, 5) is 61.8. The summed E-state index contributed by atoms with van der Waals surface area (Å²) in [6, 6.07) is 24.7. The molecule has 6 rings (SSSR count). The van der Waals surface area contributed by atoms with E-state index in [9.17, 15) is 19.2 Å². The van der Waals surface area contributed by atoms with Crippen molar-refractivity contribution in [3.63, 3.8) is 0 Å². The molecule has 3 N–H and O–H groups in total. The van der Waals surface area contributed by atoms with Crippen LogP contribution >= 0.6 is 0 Å². The molecule has 0 unspecified atom stereocenters. The molecule has 4 atom stereocenters. The van der Waals surface area contributed by atoms with Crippen LogP contribution in [0.2, 0.25) is 0 Å². The van der Waals surface area contributed by atoms with Crippen LogP contribution in [-0.2, 0) is 33.7 Å². The van der Waals surface area contributed by atoms with Crippen LogP contribution in [0.4, 0.5) is 9.59 Å². The number of alkyl carbamates (subject to hydrolysis) is 1. The molecule has 2 aliphatic heterocycles. The summed E-state index contributed by atoms with van der Waals surface area (Å²) in [5.74, 6) is -1.23. The third-order valence-corrected chi connectivity index (χ3v) is 9.07. The SMILES string of the molecule is CC(C)(C)OC(=O)N[C@@H](Cc1c[nH]c2ccccc12)C(=O)N[C@H]1CCCN2C(=O)N(Cc3ccccc3)C(=O)[C@H](Cc3ccccc3)[C@@H]12. The minimum absolute atomic E-state index is 0.177. The van der Waals surface area contributed by atoms with Crippen molar-refractivity contribution < 1.29 is 23.9 Å². The second-order valence-corrected chi connectivity index (χ2v) is 13.7. The highest BCUT2D eigenvalue weighted by Crippen LogP contribution is 2.34. The van der Waals surface area contributed by atoms with Gasteiger partial charge in [0.05, 0.1) is 24.5 Å². The number of hydrogen-bond acceptors (Lipinski definition) is 5. The second kappa shape index (κ2) is 13.9. The van der Waals surface area contributed by atoms with E-state index in [1.807, 2.05) is 91.1 Å². The average molecular weight is 650 g/mol. The first-order valence-electron chi connectivity index (χ1n) is 16.6. The Hall–Kier alpha value is -5.12. The van der Waals surface area contributed by atoms with E-state index in [-0.39, 0.29) is 24.9 Å². The fraction of sp³-hybridized carbons (Fsp3) is 0.368. The van der Waals surface area contributed by atoms with Crippen molar-refractivity contribution in [1.29, 1.82) is 0 Å². The number of amides is 5. The minimum Gasteiger partial charge on any atom is -0.444 e. The predicted molar refractivity (Wildman–Crippen MR) is 183 cm³/mol. The second-order valence-electron chi connectivity index (χ2n) is 13.7. The minimum atomic E-state index is -0.966. The number of urea groups is 1. The standard InChI is InChI=1S/C38H43N5O5/c1-38(2,3)48-36(46)41-32(22-27-23-39-30-18-11-10-17-28(27)30)34(44)40-31-19-12-20-42-33(31)29(21-25-13-6-4-7-14-25)35(45)43(37(42)47)24-26-15-8-5-9-16-26/h4-11,13-18,23,29,31-33,39H,12,19-22,24H2,1-3H3,(H,40,44)(H,41,46)/t29-,31+,32+,33+/m1/s1. The molecule has 250 valence electrons. The van der Waals surface area contributed by atoms with Gasteiger partial charge in [-0.25, -0.2) is 9.59 Å². The van der Waals surface area contributed by atoms with Crippen LogP contribution in [0, 0.1) is 5.92 Å². The fourth-order valence-electron chi connectivity index (χ4n) is 6.94. The van der Waals surface area contributed by atoms with E-state index in [0.29, 0.717) is 25.8 Å². The Labute approximate surface area is 280 Å². The normalized spacial score (nSPS) is 20.3. The Balaban J connectivity index is 1.29. The molecule has 10 heteroatoms. The molecular weight excluding hydrogens is 606 g/mol. The van der Waals surface area contributed by atoms with Gasteiger partial charge in [0.1, 0.15) is 11.6 Å². The van der Waals surface area contributed by atoms with Gasteiger partial charge in [-0.3, -0.25) is 14.5 Å².